The Kier molecular flexibility index (Phi) is 12.5. The Bertz CT molecular complexity index is 2850. The molecule has 4 aromatic carbocycles. The molecule has 4 heterocycles. The van der Waals surface area contributed by atoms with Crippen LogP contribution in [0.15, 0.2) is 152 Å². The standard InChI is InChI=1S/C59H55N5/c1-40-33-48(52-15-9-12-30-60-52)27-24-45(40)21-18-42-35-43(19-22-46-25-28-49(34-41(46)2)53-16-10-13-31-61-53)37-44(36-42)20-23-47-26-29-50(54-17-11-14-32-62-54)38-51(47)57-63-55(58(3,4)5)39-56(64-57)59(6,7)8/h9-39H,1-8H3/b21-18-,22-19?,23-20-. The predicted molar refractivity (Wildman–Crippen MR) is 270 cm³/mol. The minimum Gasteiger partial charge on any atom is -0.256 e. The van der Waals surface area contributed by atoms with Crippen molar-refractivity contribution < 1.29 is 0 Å². The van der Waals surface area contributed by atoms with E-state index in [9.17, 15) is 0 Å². The Morgan fingerprint density at radius 1 is 0.375 bits per heavy atom. The average molecular weight is 834 g/mol. The van der Waals surface area contributed by atoms with Crippen LogP contribution in [-0.2, 0) is 10.8 Å². The van der Waals surface area contributed by atoms with Crippen LogP contribution in [0.4, 0.5) is 0 Å². The monoisotopic (exact) mass is 833 g/mol. The third kappa shape index (κ3) is 10.4. The van der Waals surface area contributed by atoms with Gasteiger partial charge in [-0.15, -0.1) is 0 Å². The number of pyridine rings is 3. The third-order valence-electron chi connectivity index (χ3n) is 11.3. The molecule has 0 aliphatic heterocycles. The van der Waals surface area contributed by atoms with E-state index < -0.39 is 0 Å². The summed E-state index contributed by atoms with van der Waals surface area (Å²) in [7, 11) is 0. The highest BCUT2D eigenvalue weighted by Crippen LogP contribution is 2.34. The van der Waals surface area contributed by atoms with Crippen LogP contribution in [0.2, 0.25) is 0 Å². The van der Waals surface area contributed by atoms with Gasteiger partial charge in [-0.05, 0) is 137 Å². The molecule has 0 aliphatic carbocycles. The van der Waals surface area contributed by atoms with Crippen molar-refractivity contribution in [3.8, 4) is 45.2 Å². The summed E-state index contributed by atoms with van der Waals surface area (Å²) >= 11 is 0. The molecule has 8 aromatic rings. The van der Waals surface area contributed by atoms with Gasteiger partial charge in [-0.3, -0.25) is 15.0 Å². The van der Waals surface area contributed by atoms with Gasteiger partial charge >= 0.3 is 0 Å². The number of aryl methyl sites for hydroxylation is 2. The molecule has 0 radical (unpaired) electrons. The molecule has 0 saturated heterocycles. The van der Waals surface area contributed by atoms with E-state index in [1.165, 1.54) is 11.1 Å². The van der Waals surface area contributed by atoms with E-state index in [2.05, 4.69) is 186 Å². The van der Waals surface area contributed by atoms with E-state index in [0.29, 0.717) is 5.82 Å². The smallest absolute Gasteiger partial charge is 0.160 e. The van der Waals surface area contributed by atoms with Crippen molar-refractivity contribution in [2.75, 3.05) is 0 Å². The molecule has 0 atom stereocenters. The summed E-state index contributed by atoms with van der Waals surface area (Å²) in [5.41, 5.74) is 17.7. The van der Waals surface area contributed by atoms with Crippen molar-refractivity contribution in [2.45, 2.75) is 66.2 Å². The predicted octanol–water partition coefficient (Wildman–Crippen LogP) is 15.1. The molecule has 0 amide bonds. The maximum absolute atomic E-state index is 5.24. The largest absolute Gasteiger partial charge is 0.256 e. The molecule has 0 aliphatic rings. The Morgan fingerprint density at radius 3 is 1.11 bits per heavy atom. The Labute approximate surface area is 379 Å². The molecule has 0 saturated carbocycles. The lowest BCUT2D eigenvalue weighted by atomic mass is 9.86. The normalized spacial score (nSPS) is 12.2. The van der Waals surface area contributed by atoms with Crippen molar-refractivity contribution in [3.63, 3.8) is 0 Å². The number of rotatable bonds is 10. The lowest BCUT2D eigenvalue weighted by Gasteiger charge is -2.24. The minimum absolute atomic E-state index is 0.163. The number of hydrogen-bond acceptors (Lipinski definition) is 5. The summed E-state index contributed by atoms with van der Waals surface area (Å²) in [6.45, 7) is 17.6. The number of nitrogens with zero attached hydrogens (tertiary/aromatic N) is 5. The second-order valence-electron chi connectivity index (χ2n) is 18.5. The first-order chi connectivity index (χ1) is 30.8. The molecular weight excluding hydrogens is 779 g/mol. The molecule has 0 bridgehead atoms. The summed E-state index contributed by atoms with van der Waals surface area (Å²) in [5, 5.41) is 0. The topological polar surface area (TPSA) is 64.5 Å². The molecule has 5 nitrogen and oxygen atoms in total. The van der Waals surface area contributed by atoms with Gasteiger partial charge in [-0.2, -0.15) is 0 Å². The Morgan fingerprint density at radius 2 is 0.750 bits per heavy atom. The van der Waals surface area contributed by atoms with Gasteiger partial charge in [-0.1, -0.05) is 133 Å². The summed E-state index contributed by atoms with van der Waals surface area (Å²) in [5.74, 6) is 0.712. The third-order valence-corrected chi connectivity index (χ3v) is 11.3. The fraction of sp³-hybridized carbons (Fsp3) is 0.169. The molecule has 316 valence electrons. The van der Waals surface area contributed by atoms with Crippen molar-refractivity contribution in [1.29, 1.82) is 0 Å². The first-order valence-corrected chi connectivity index (χ1v) is 22.0. The molecule has 0 unspecified atom stereocenters. The number of aromatic nitrogens is 5. The first-order valence-electron chi connectivity index (χ1n) is 22.0. The fourth-order valence-electron chi connectivity index (χ4n) is 7.58. The van der Waals surface area contributed by atoms with Crippen molar-refractivity contribution in [2.24, 2.45) is 0 Å². The Balaban J connectivity index is 1.20. The van der Waals surface area contributed by atoms with E-state index in [1.54, 1.807) is 0 Å². The van der Waals surface area contributed by atoms with Crippen LogP contribution < -0.4 is 0 Å². The second kappa shape index (κ2) is 18.5. The van der Waals surface area contributed by atoms with Crippen LogP contribution in [0.3, 0.4) is 0 Å². The first kappa shape index (κ1) is 43.3. The molecule has 8 rings (SSSR count). The minimum atomic E-state index is -0.163. The van der Waals surface area contributed by atoms with Crippen LogP contribution in [-0.4, -0.2) is 24.9 Å². The zero-order chi connectivity index (χ0) is 44.8. The molecule has 0 fully saturated rings. The lowest BCUT2D eigenvalue weighted by Crippen LogP contribution is -2.20. The molecule has 64 heavy (non-hydrogen) atoms. The summed E-state index contributed by atoms with van der Waals surface area (Å²) in [6.07, 6.45) is 18.7. The summed E-state index contributed by atoms with van der Waals surface area (Å²) in [4.78, 5) is 24.3. The highest BCUT2D eigenvalue weighted by Gasteiger charge is 2.24. The number of hydrogen-bond donors (Lipinski definition) is 0. The van der Waals surface area contributed by atoms with Crippen LogP contribution >= 0.6 is 0 Å². The molecule has 5 heteroatoms. The molecule has 4 aromatic heterocycles. The zero-order valence-corrected chi connectivity index (χ0v) is 38.1. The van der Waals surface area contributed by atoms with E-state index in [1.807, 2.05) is 73.2 Å². The maximum Gasteiger partial charge on any atom is 0.160 e. The van der Waals surface area contributed by atoms with Gasteiger partial charge in [-0.25, -0.2) is 9.97 Å². The van der Waals surface area contributed by atoms with Gasteiger partial charge in [0.05, 0.1) is 28.5 Å². The number of benzene rings is 4. The molecule has 0 N–H and O–H groups in total. The van der Waals surface area contributed by atoms with Gasteiger partial charge < -0.3 is 0 Å². The van der Waals surface area contributed by atoms with Crippen molar-refractivity contribution >= 4 is 36.5 Å². The van der Waals surface area contributed by atoms with Crippen molar-refractivity contribution in [3.05, 3.63) is 208 Å². The van der Waals surface area contributed by atoms with Gasteiger partial charge in [0, 0.05) is 51.7 Å². The van der Waals surface area contributed by atoms with E-state index in [-0.39, 0.29) is 10.8 Å². The van der Waals surface area contributed by atoms with Gasteiger partial charge in [0.15, 0.2) is 5.82 Å². The van der Waals surface area contributed by atoms with Crippen LogP contribution in [0.1, 0.15) is 97.4 Å². The average Bonchev–Trinajstić information content (AvgIpc) is 3.30. The van der Waals surface area contributed by atoms with Gasteiger partial charge in [0.25, 0.3) is 0 Å². The summed E-state index contributed by atoms with van der Waals surface area (Å²) < 4.78 is 0. The summed E-state index contributed by atoms with van der Waals surface area (Å²) in [6, 6.07) is 46.5. The Hall–Kier alpha value is -7.37. The van der Waals surface area contributed by atoms with E-state index in [4.69, 9.17) is 9.97 Å². The maximum atomic E-state index is 5.24. The van der Waals surface area contributed by atoms with Gasteiger partial charge in [0.1, 0.15) is 0 Å². The van der Waals surface area contributed by atoms with E-state index in [0.717, 1.165) is 84.1 Å². The molecular formula is C59H55N5. The van der Waals surface area contributed by atoms with Gasteiger partial charge in [0.2, 0.25) is 0 Å². The van der Waals surface area contributed by atoms with E-state index >= 15 is 0 Å². The lowest BCUT2D eigenvalue weighted by molar-refractivity contribution is 0.539. The van der Waals surface area contributed by atoms with Crippen molar-refractivity contribution in [1.82, 2.24) is 24.9 Å². The van der Waals surface area contributed by atoms with Crippen LogP contribution in [0, 0.1) is 13.8 Å². The fourth-order valence-corrected chi connectivity index (χ4v) is 7.58. The van der Waals surface area contributed by atoms with Crippen LogP contribution in [0.25, 0.3) is 81.6 Å². The highest BCUT2D eigenvalue weighted by molar-refractivity contribution is 5.84. The second-order valence-corrected chi connectivity index (χ2v) is 18.5. The zero-order valence-electron chi connectivity index (χ0n) is 38.1. The SMILES string of the molecule is Cc1cc(-c2ccccn2)ccc1C=Cc1cc(/C=C\c2ccc(-c3ccccn3)cc2C)cc(/C=C\c2ccc(-c3ccccn3)cc2-c2nc(C(C)(C)C)cc(C(C)(C)C)n2)c1. The molecule has 0 spiro atoms. The quantitative estimate of drug-likeness (QED) is 0.128. The highest BCUT2D eigenvalue weighted by atomic mass is 14.9. The van der Waals surface area contributed by atoms with Crippen LogP contribution in [0.5, 0.6) is 0 Å².